The van der Waals surface area contributed by atoms with Gasteiger partial charge in [-0.2, -0.15) is 0 Å². The summed E-state index contributed by atoms with van der Waals surface area (Å²) in [4.78, 5) is 2.68. The van der Waals surface area contributed by atoms with Gasteiger partial charge < -0.3 is 5.32 Å². The summed E-state index contributed by atoms with van der Waals surface area (Å²) in [5.74, 6) is 0.863. The molecule has 0 spiro atoms. The van der Waals surface area contributed by atoms with Crippen LogP contribution in [0.25, 0.3) is 0 Å². The van der Waals surface area contributed by atoms with Gasteiger partial charge in [-0.3, -0.25) is 4.90 Å². The van der Waals surface area contributed by atoms with Gasteiger partial charge in [0.15, 0.2) is 0 Å². The molecule has 2 fully saturated rings. The van der Waals surface area contributed by atoms with Crippen molar-refractivity contribution >= 4 is 15.9 Å². The van der Waals surface area contributed by atoms with Crippen LogP contribution in [0.15, 0.2) is 28.7 Å². The molecule has 0 bridgehead atoms. The fourth-order valence-corrected chi connectivity index (χ4v) is 3.70. The molecule has 2 aliphatic rings. The maximum absolute atomic E-state index is 3.74. The summed E-state index contributed by atoms with van der Waals surface area (Å²) in [5.41, 5.74) is 1.49. The highest BCUT2D eigenvalue weighted by Crippen LogP contribution is 2.43. The zero-order valence-corrected chi connectivity index (χ0v) is 12.3. The monoisotopic (exact) mass is 308 g/mol. The summed E-state index contributed by atoms with van der Waals surface area (Å²) in [6.45, 7) is 4.63. The third kappa shape index (κ3) is 2.49. The van der Waals surface area contributed by atoms with E-state index in [2.05, 4.69) is 50.4 Å². The number of benzene rings is 1. The van der Waals surface area contributed by atoms with Gasteiger partial charge in [-0.25, -0.2) is 0 Å². The van der Waals surface area contributed by atoms with Crippen LogP contribution in [0.3, 0.4) is 0 Å². The molecule has 98 valence electrons. The van der Waals surface area contributed by atoms with Crippen LogP contribution < -0.4 is 5.32 Å². The minimum absolute atomic E-state index is 0.622. The molecule has 3 rings (SSSR count). The molecule has 1 saturated heterocycles. The predicted molar refractivity (Wildman–Crippen MR) is 78.7 cm³/mol. The summed E-state index contributed by atoms with van der Waals surface area (Å²) in [6.07, 6.45) is 4.21. The topological polar surface area (TPSA) is 15.3 Å². The number of halogens is 1. The maximum atomic E-state index is 3.74. The molecule has 0 aromatic heterocycles. The lowest BCUT2D eigenvalue weighted by atomic mass is 9.76. The first-order valence-electron chi connectivity index (χ1n) is 7.05. The first-order valence-corrected chi connectivity index (χ1v) is 7.85. The molecule has 1 atom stereocenters. The molecule has 1 aromatic carbocycles. The zero-order valence-electron chi connectivity index (χ0n) is 10.7. The fourth-order valence-electron chi connectivity index (χ4n) is 3.18. The van der Waals surface area contributed by atoms with Gasteiger partial charge in [-0.1, -0.05) is 40.5 Å². The number of hydrogen-bond acceptors (Lipinski definition) is 2. The Kier molecular flexibility index (Phi) is 4.02. The van der Waals surface area contributed by atoms with Gasteiger partial charge in [0.1, 0.15) is 0 Å². The molecule has 1 heterocycles. The highest BCUT2D eigenvalue weighted by Gasteiger charge is 2.34. The standard InChI is InChI=1S/C15H21BrN2/c16-14-7-2-1-6-13(14)15(12-4-3-5-12)18-10-8-17-9-11-18/h1-2,6-7,12,15,17H,3-5,8-11H2/t15-/m1/s1. The molecule has 0 amide bonds. The molecule has 0 radical (unpaired) electrons. The molecule has 1 N–H and O–H groups in total. The normalized spacial score (nSPS) is 23.6. The number of nitrogens with zero attached hydrogens (tertiary/aromatic N) is 1. The van der Waals surface area contributed by atoms with E-state index < -0.39 is 0 Å². The van der Waals surface area contributed by atoms with E-state index in [1.807, 2.05) is 0 Å². The van der Waals surface area contributed by atoms with Crippen molar-refractivity contribution in [1.82, 2.24) is 10.2 Å². The van der Waals surface area contributed by atoms with Gasteiger partial charge in [0.05, 0.1) is 0 Å². The van der Waals surface area contributed by atoms with Crippen molar-refractivity contribution < 1.29 is 0 Å². The molecular formula is C15H21BrN2. The Morgan fingerprint density at radius 1 is 1.17 bits per heavy atom. The Morgan fingerprint density at radius 2 is 1.89 bits per heavy atom. The van der Waals surface area contributed by atoms with Crippen LogP contribution in [0.5, 0.6) is 0 Å². The third-order valence-electron chi connectivity index (χ3n) is 4.37. The molecular weight excluding hydrogens is 288 g/mol. The number of rotatable bonds is 3. The lowest BCUT2D eigenvalue weighted by molar-refractivity contribution is 0.0832. The second-order valence-electron chi connectivity index (χ2n) is 5.44. The Balaban J connectivity index is 1.87. The van der Waals surface area contributed by atoms with Crippen molar-refractivity contribution in [2.24, 2.45) is 5.92 Å². The summed E-state index contributed by atoms with van der Waals surface area (Å²) in [5, 5.41) is 3.46. The Morgan fingerprint density at radius 3 is 2.50 bits per heavy atom. The largest absolute Gasteiger partial charge is 0.314 e. The highest BCUT2D eigenvalue weighted by atomic mass is 79.9. The van der Waals surface area contributed by atoms with E-state index in [4.69, 9.17) is 0 Å². The van der Waals surface area contributed by atoms with Crippen molar-refractivity contribution in [2.75, 3.05) is 26.2 Å². The van der Waals surface area contributed by atoms with Gasteiger partial charge in [0, 0.05) is 36.7 Å². The average Bonchev–Trinajstić information content (AvgIpc) is 2.36. The Hall–Kier alpha value is -0.380. The van der Waals surface area contributed by atoms with E-state index in [-0.39, 0.29) is 0 Å². The van der Waals surface area contributed by atoms with Crippen LogP contribution in [0, 0.1) is 5.92 Å². The van der Waals surface area contributed by atoms with Crippen LogP contribution in [0.4, 0.5) is 0 Å². The first kappa shape index (κ1) is 12.6. The van der Waals surface area contributed by atoms with Crippen molar-refractivity contribution in [1.29, 1.82) is 0 Å². The molecule has 3 heteroatoms. The Bertz CT molecular complexity index is 397. The molecule has 0 unspecified atom stereocenters. The lowest BCUT2D eigenvalue weighted by Crippen LogP contribution is -2.47. The van der Waals surface area contributed by atoms with Gasteiger partial charge in [-0.05, 0) is 30.4 Å². The maximum Gasteiger partial charge on any atom is 0.0388 e. The minimum atomic E-state index is 0.622. The molecule has 1 saturated carbocycles. The molecule has 2 nitrogen and oxygen atoms in total. The smallest absolute Gasteiger partial charge is 0.0388 e. The first-order chi connectivity index (χ1) is 8.86. The van der Waals surface area contributed by atoms with Gasteiger partial charge >= 0.3 is 0 Å². The van der Waals surface area contributed by atoms with E-state index in [9.17, 15) is 0 Å². The van der Waals surface area contributed by atoms with Crippen LogP contribution in [0.1, 0.15) is 30.9 Å². The predicted octanol–water partition coefficient (Wildman–Crippen LogP) is 3.20. The summed E-state index contributed by atoms with van der Waals surface area (Å²) < 4.78 is 1.28. The molecule has 1 aliphatic heterocycles. The molecule has 18 heavy (non-hydrogen) atoms. The number of hydrogen-bond donors (Lipinski definition) is 1. The van der Waals surface area contributed by atoms with Crippen molar-refractivity contribution in [3.8, 4) is 0 Å². The molecule has 1 aliphatic carbocycles. The second kappa shape index (κ2) is 5.72. The lowest BCUT2D eigenvalue weighted by Gasteiger charge is -2.43. The summed E-state index contributed by atoms with van der Waals surface area (Å²) in [7, 11) is 0. The van der Waals surface area contributed by atoms with Gasteiger partial charge in [-0.15, -0.1) is 0 Å². The minimum Gasteiger partial charge on any atom is -0.314 e. The summed E-state index contributed by atoms with van der Waals surface area (Å²) in [6, 6.07) is 9.39. The summed E-state index contributed by atoms with van der Waals surface area (Å²) >= 11 is 3.74. The van der Waals surface area contributed by atoms with Crippen LogP contribution in [-0.4, -0.2) is 31.1 Å². The second-order valence-corrected chi connectivity index (χ2v) is 6.30. The van der Waals surface area contributed by atoms with Gasteiger partial charge in [0.25, 0.3) is 0 Å². The zero-order chi connectivity index (χ0) is 12.4. The fraction of sp³-hybridized carbons (Fsp3) is 0.600. The van der Waals surface area contributed by atoms with E-state index in [0.717, 1.165) is 19.0 Å². The van der Waals surface area contributed by atoms with Crippen molar-refractivity contribution in [2.45, 2.75) is 25.3 Å². The van der Waals surface area contributed by atoms with E-state index in [0.29, 0.717) is 6.04 Å². The molecule has 1 aromatic rings. The van der Waals surface area contributed by atoms with Crippen LogP contribution in [0.2, 0.25) is 0 Å². The quantitative estimate of drug-likeness (QED) is 0.922. The van der Waals surface area contributed by atoms with Crippen molar-refractivity contribution in [3.05, 3.63) is 34.3 Å². The highest BCUT2D eigenvalue weighted by molar-refractivity contribution is 9.10. The van der Waals surface area contributed by atoms with E-state index >= 15 is 0 Å². The number of nitrogens with one attached hydrogen (secondary N) is 1. The van der Waals surface area contributed by atoms with Crippen LogP contribution in [-0.2, 0) is 0 Å². The van der Waals surface area contributed by atoms with Gasteiger partial charge in [0.2, 0.25) is 0 Å². The van der Waals surface area contributed by atoms with Crippen molar-refractivity contribution in [3.63, 3.8) is 0 Å². The third-order valence-corrected chi connectivity index (χ3v) is 5.09. The number of piperazine rings is 1. The average molecular weight is 309 g/mol. The van der Waals surface area contributed by atoms with E-state index in [1.54, 1.807) is 0 Å². The van der Waals surface area contributed by atoms with E-state index in [1.165, 1.54) is 42.4 Å². The SMILES string of the molecule is Brc1ccccc1[C@@H](C1CCC1)N1CCNCC1. The van der Waals surface area contributed by atoms with Crippen LogP contribution >= 0.6 is 15.9 Å². The Labute approximate surface area is 118 Å².